The number of amides is 2. The molecule has 154 valence electrons. The Bertz CT molecular complexity index is 986. The number of benzene rings is 2. The van der Waals surface area contributed by atoms with Gasteiger partial charge in [0.1, 0.15) is 5.82 Å². The van der Waals surface area contributed by atoms with Crippen molar-refractivity contribution in [1.82, 2.24) is 14.5 Å². The molecule has 29 heavy (non-hydrogen) atoms. The van der Waals surface area contributed by atoms with Crippen molar-refractivity contribution in [1.29, 1.82) is 0 Å². The zero-order chi connectivity index (χ0) is 21.0. The molecule has 0 aromatic heterocycles. The van der Waals surface area contributed by atoms with Crippen LogP contribution in [0.4, 0.5) is 10.1 Å². The van der Waals surface area contributed by atoms with Crippen LogP contribution in [-0.4, -0.2) is 62.2 Å². The van der Waals surface area contributed by atoms with E-state index < -0.39 is 21.7 Å². The summed E-state index contributed by atoms with van der Waals surface area (Å²) in [4.78, 5) is 25.9. The zero-order valence-corrected chi connectivity index (χ0v) is 16.4. The monoisotopic (exact) mass is 420 g/mol. The maximum atomic E-state index is 13.0. The van der Waals surface area contributed by atoms with Crippen LogP contribution in [0, 0.1) is 5.82 Å². The summed E-state index contributed by atoms with van der Waals surface area (Å²) in [5.74, 6) is -1.20. The first-order valence-corrected chi connectivity index (χ1v) is 10.4. The van der Waals surface area contributed by atoms with Gasteiger partial charge in [-0.15, -0.1) is 0 Å². The van der Waals surface area contributed by atoms with Gasteiger partial charge in [0.05, 0.1) is 11.4 Å². The molecule has 10 heteroatoms. The summed E-state index contributed by atoms with van der Waals surface area (Å²) in [5.41, 5.74) is 6.50. The van der Waals surface area contributed by atoms with E-state index in [1.54, 1.807) is 24.3 Å². The number of carbonyl (C=O) groups is 2. The molecule has 1 fully saturated rings. The number of anilines is 1. The van der Waals surface area contributed by atoms with Crippen molar-refractivity contribution in [3.05, 3.63) is 59.9 Å². The third-order valence-electron chi connectivity index (χ3n) is 4.62. The van der Waals surface area contributed by atoms with Gasteiger partial charge >= 0.3 is 0 Å². The van der Waals surface area contributed by atoms with Crippen LogP contribution in [0.1, 0.15) is 10.4 Å². The molecule has 1 heterocycles. The van der Waals surface area contributed by atoms with E-state index in [0.29, 0.717) is 11.3 Å². The van der Waals surface area contributed by atoms with Crippen LogP contribution in [0.2, 0.25) is 0 Å². The topological polar surface area (TPSA) is 113 Å². The lowest BCUT2D eigenvalue weighted by molar-refractivity contribution is -0.131. The molecule has 0 unspecified atom stereocenters. The Labute approximate surface area is 168 Å². The van der Waals surface area contributed by atoms with Crippen molar-refractivity contribution < 1.29 is 22.4 Å². The number of hydrogen-bond acceptors (Lipinski definition) is 5. The molecular weight excluding hydrogens is 399 g/mol. The van der Waals surface area contributed by atoms with Gasteiger partial charge in [-0.2, -0.15) is 4.31 Å². The normalized spacial score (nSPS) is 15.1. The Hall–Kier alpha value is -2.98. The minimum atomic E-state index is -3.74. The van der Waals surface area contributed by atoms with Crippen molar-refractivity contribution in [2.24, 2.45) is 0 Å². The smallest absolute Gasteiger partial charge is 0.251 e. The van der Waals surface area contributed by atoms with E-state index in [2.05, 4.69) is 5.32 Å². The van der Waals surface area contributed by atoms with Crippen molar-refractivity contribution in [3.63, 3.8) is 0 Å². The van der Waals surface area contributed by atoms with E-state index in [1.165, 1.54) is 21.3 Å². The van der Waals surface area contributed by atoms with Gasteiger partial charge in [0.25, 0.3) is 5.91 Å². The summed E-state index contributed by atoms with van der Waals surface area (Å²) >= 11 is 0. The maximum Gasteiger partial charge on any atom is 0.251 e. The molecule has 0 radical (unpaired) electrons. The Morgan fingerprint density at radius 1 is 0.966 bits per heavy atom. The molecule has 1 aliphatic rings. The van der Waals surface area contributed by atoms with Crippen LogP contribution in [-0.2, 0) is 14.8 Å². The van der Waals surface area contributed by atoms with Crippen molar-refractivity contribution in [2.45, 2.75) is 4.90 Å². The molecule has 2 amide bonds. The molecule has 0 spiro atoms. The summed E-state index contributed by atoms with van der Waals surface area (Å²) in [5, 5.41) is 2.55. The first-order valence-electron chi connectivity index (χ1n) is 8.94. The van der Waals surface area contributed by atoms with Crippen LogP contribution in [0.15, 0.2) is 53.4 Å². The van der Waals surface area contributed by atoms with Crippen molar-refractivity contribution in [2.75, 3.05) is 38.5 Å². The minimum absolute atomic E-state index is 0.00874. The molecule has 3 rings (SSSR count). The first-order chi connectivity index (χ1) is 13.8. The predicted octanol–water partition coefficient (Wildman–Crippen LogP) is 0.671. The van der Waals surface area contributed by atoms with Crippen molar-refractivity contribution >= 4 is 27.5 Å². The van der Waals surface area contributed by atoms with Gasteiger partial charge in [-0.05, 0) is 48.5 Å². The average molecular weight is 420 g/mol. The molecule has 8 nitrogen and oxygen atoms in total. The van der Waals surface area contributed by atoms with Crippen LogP contribution in [0.3, 0.4) is 0 Å². The summed E-state index contributed by atoms with van der Waals surface area (Å²) in [6.45, 7) is 0.469. The molecule has 0 atom stereocenters. The number of nitrogens with two attached hydrogens (primary N) is 1. The lowest BCUT2D eigenvalue weighted by atomic mass is 10.2. The highest BCUT2D eigenvalue weighted by atomic mass is 32.2. The van der Waals surface area contributed by atoms with E-state index in [9.17, 15) is 22.4 Å². The number of nitrogen functional groups attached to an aromatic ring is 1. The fourth-order valence-corrected chi connectivity index (χ4v) is 4.36. The van der Waals surface area contributed by atoms with Crippen LogP contribution in [0.5, 0.6) is 0 Å². The van der Waals surface area contributed by atoms with Crippen molar-refractivity contribution in [3.8, 4) is 0 Å². The van der Waals surface area contributed by atoms with Gasteiger partial charge in [-0.25, -0.2) is 12.8 Å². The summed E-state index contributed by atoms with van der Waals surface area (Å²) < 4.78 is 39.5. The average Bonchev–Trinajstić information content (AvgIpc) is 2.72. The van der Waals surface area contributed by atoms with Gasteiger partial charge < -0.3 is 16.0 Å². The summed E-state index contributed by atoms with van der Waals surface area (Å²) in [6.07, 6.45) is 0. The zero-order valence-electron chi connectivity index (χ0n) is 15.5. The van der Waals surface area contributed by atoms with Crippen LogP contribution >= 0.6 is 0 Å². The first kappa shape index (κ1) is 20.7. The minimum Gasteiger partial charge on any atom is -0.399 e. The number of nitrogens with one attached hydrogen (secondary N) is 1. The quantitative estimate of drug-likeness (QED) is 0.691. The Morgan fingerprint density at radius 3 is 2.14 bits per heavy atom. The SMILES string of the molecule is Nc1ccc(C(=O)NCC(=O)N2CCN(S(=O)(=O)c3ccc(F)cc3)CC2)cc1. The van der Waals surface area contributed by atoms with E-state index in [-0.39, 0.29) is 43.5 Å². The number of piperazine rings is 1. The molecule has 0 saturated carbocycles. The van der Waals surface area contributed by atoms with E-state index in [1.807, 2.05) is 0 Å². The third-order valence-corrected chi connectivity index (χ3v) is 6.53. The van der Waals surface area contributed by atoms with Gasteiger partial charge in [-0.1, -0.05) is 0 Å². The maximum absolute atomic E-state index is 13.0. The molecule has 1 saturated heterocycles. The van der Waals surface area contributed by atoms with E-state index in [4.69, 9.17) is 5.73 Å². The second kappa shape index (κ2) is 8.58. The Balaban J connectivity index is 1.52. The van der Waals surface area contributed by atoms with E-state index in [0.717, 1.165) is 12.1 Å². The highest BCUT2D eigenvalue weighted by Crippen LogP contribution is 2.18. The van der Waals surface area contributed by atoms with E-state index >= 15 is 0 Å². The highest BCUT2D eigenvalue weighted by molar-refractivity contribution is 7.89. The lowest BCUT2D eigenvalue weighted by Gasteiger charge is -2.34. The second-order valence-corrected chi connectivity index (χ2v) is 8.48. The van der Waals surface area contributed by atoms with Gasteiger partial charge in [-0.3, -0.25) is 9.59 Å². The third kappa shape index (κ3) is 4.90. The highest BCUT2D eigenvalue weighted by Gasteiger charge is 2.30. The summed E-state index contributed by atoms with van der Waals surface area (Å²) in [6, 6.07) is 10.9. The fraction of sp³-hybridized carbons (Fsp3) is 0.263. The molecule has 1 aliphatic heterocycles. The second-order valence-electron chi connectivity index (χ2n) is 6.54. The Kier molecular flexibility index (Phi) is 6.14. The number of carbonyl (C=O) groups excluding carboxylic acids is 2. The number of rotatable bonds is 5. The van der Waals surface area contributed by atoms with Crippen LogP contribution < -0.4 is 11.1 Å². The van der Waals surface area contributed by atoms with Gasteiger partial charge in [0, 0.05) is 37.4 Å². The Morgan fingerprint density at radius 2 is 1.55 bits per heavy atom. The molecule has 2 aromatic carbocycles. The molecule has 0 bridgehead atoms. The van der Waals surface area contributed by atoms with Gasteiger partial charge in [0.2, 0.25) is 15.9 Å². The fourth-order valence-electron chi connectivity index (χ4n) is 2.94. The molecular formula is C19H21FN4O4S. The number of halogens is 1. The number of sulfonamides is 1. The molecule has 3 N–H and O–H groups in total. The lowest BCUT2D eigenvalue weighted by Crippen LogP contribution is -2.52. The largest absolute Gasteiger partial charge is 0.399 e. The standard InChI is InChI=1S/C19H21FN4O4S/c20-15-3-7-17(8-4-15)29(27,28)24-11-9-23(10-12-24)18(25)13-22-19(26)14-1-5-16(21)6-2-14/h1-8H,9-13,21H2,(H,22,26). The van der Waals surface area contributed by atoms with Crippen LogP contribution in [0.25, 0.3) is 0 Å². The molecule has 0 aliphatic carbocycles. The number of nitrogens with zero attached hydrogens (tertiary/aromatic N) is 2. The van der Waals surface area contributed by atoms with Gasteiger partial charge in [0.15, 0.2) is 0 Å². The predicted molar refractivity (Wildman–Crippen MR) is 105 cm³/mol. The number of hydrogen-bond donors (Lipinski definition) is 2. The molecule has 2 aromatic rings. The summed E-state index contributed by atoms with van der Waals surface area (Å²) in [7, 11) is -3.74.